The molecule has 2 heterocycles. The van der Waals surface area contributed by atoms with Gasteiger partial charge in [-0.05, 0) is 142 Å². The van der Waals surface area contributed by atoms with E-state index in [9.17, 15) is 5.11 Å². The lowest BCUT2D eigenvalue weighted by molar-refractivity contribution is 0.163. The summed E-state index contributed by atoms with van der Waals surface area (Å²) in [7, 11) is -3.31. The Balaban J connectivity index is 2.01. The van der Waals surface area contributed by atoms with Crippen LogP contribution < -0.4 is 29.6 Å². The average Bonchev–Trinajstić information content (AvgIpc) is 3.76. The molecular formula is C39H14O5P2. The minimum atomic E-state index is -1.65. The Kier molecular flexibility index (Phi) is 11.7. The maximum absolute atomic E-state index is 12.4. The van der Waals surface area contributed by atoms with Crippen LogP contribution in [-0.4, -0.2) is 18.7 Å². The SMILES string of the molecule is C#CC#CC#CP(C#CC#CC#C)c1ccc2c(c1C(O)c1c(P(C#CC#CC#C)C#CC#CC#C)ccc3c1OCO3)OCO2. The van der Waals surface area contributed by atoms with E-state index < -0.39 is 21.9 Å². The van der Waals surface area contributed by atoms with Crippen molar-refractivity contribution < 1.29 is 24.1 Å². The summed E-state index contributed by atoms with van der Waals surface area (Å²) < 4.78 is 23.1. The van der Waals surface area contributed by atoms with Crippen LogP contribution in [0.2, 0.25) is 0 Å². The molecule has 0 radical (unpaired) electrons. The first-order valence-corrected chi connectivity index (χ1v) is 15.3. The number of ether oxygens (including phenoxy) is 4. The summed E-state index contributed by atoms with van der Waals surface area (Å²) in [4.78, 5) is 0. The third-order valence-corrected chi connectivity index (χ3v) is 8.68. The zero-order valence-corrected chi connectivity index (χ0v) is 25.4. The quantitative estimate of drug-likeness (QED) is 0.419. The van der Waals surface area contributed by atoms with Crippen LogP contribution in [0, 0.1) is 143 Å². The lowest BCUT2D eigenvalue weighted by Crippen LogP contribution is -2.20. The van der Waals surface area contributed by atoms with Gasteiger partial charge in [0.1, 0.15) is 6.10 Å². The van der Waals surface area contributed by atoms with Crippen molar-refractivity contribution in [3.63, 3.8) is 0 Å². The van der Waals surface area contributed by atoms with Crippen molar-refractivity contribution in [1.82, 2.24) is 0 Å². The summed E-state index contributed by atoms with van der Waals surface area (Å²) in [6.45, 7) is -0.139. The fraction of sp³-hybridized carbons (Fsp3) is 0.0769. The second-order valence-corrected chi connectivity index (χ2v) is 11.3. The third kappa shape index (κ3) is 7.76. The fourth-order valence-electron chi connectivity index (χ4n) is 3.93. The molecule has 2 aromatic carbocycles. The van der Waals surface area contributed by atoms with Gasteiger partial charge in [0, 0.05) is 21.7 Å². The molecule has 0 fully saturated rings. The van der Waals surface area contributed by atoms with Gasteiger partial charge in [-0.2, -0.15) is 0 Å². The highest BCUT2D eigenvalue weighted by Gasteiger charge is 2.35. The number of hydrogen-bond acceptors (Lipinski definition) is 5. The molecule has 2 aliphatic heterocycles. The molecule has 0 unspecified atom stereocenters. The molecule has 0 bridgehead atoms. The van der Waals surface area contributed by atoms with Gasteiger partial charge in [0.25, 0.3) is 0 Å². The van der Waals surface area contributed by atoms with Gasteiger partial charge in [-0.15, -0.1) is 25.7 Å². The van der Waals surface area contributed by atoms with Gasteiger partial charge in [-0.25, -0.2) is 0 Å². The van der Waals surface area contributed by atoms with Gasteiger partial charge in [-0.3, -0.25) is 0 Å². The zero-order valence-electron chi connectivity index (χ0n) is 23.6. The highest BCUT2D eigenvalue weighted by Crippen LogP contribution is 2.50. The number of benzene rings is 2. The standard InChI is InChI=1S/C39H14O5P2/c1-5-9-13-17-25-45(26-18-14-10-6-2)33-23-21-31-38(43-29-41-31)35(33)37(40)36-34(24-22-32-39(36)44-30-42-32)46(27-19-15-11-7-3)28-20-16-12-8-4/h1-4,21-24,37,40H,29-30H2. The summed E-state index contributed by atoms with van der Waals surface area (Å²) in [5, 5.41) is 13.4. The molecule has 0 spiro atoms. The molecule has 2 aliphatic rings. The monoisotopic (exact) mass is 624 g/mol. The summed E-state index contributed by atoms with van der Waals surface area (Å²) in [6, 6.07) is 6.91. The lowest BCUT2D eigenvalue weighted by atomic mass is 9.98. The smallest absolute Gasteiger partial charge is 0.231 e. The molecule has 0 atom stereocenters. The second kappa shape index (κ2) is 16.7. The summed E-state index contributed by atoms with van der Waals surface area (Å²) in [6.07, 6.45) is 19.6. The minimum absolute atomic E-state index is 0.0696. The summed E-state index contributed by atoms with van der Waals surface area (Å²) >= 11 is 0. The van der Waals surface area contributed by atoms with Gasteiger partial charge in [0.05, 0.1) is 15.8 Å². The Hall–Kier alpha value is -6.82. The summed E-state index contributed by atoms with van der Waals surface area (Å²) in [5.74, 6) is 41.4. The number of terminal acetylenes is 4. The maximum Gasteiger partial charge on any atom is 0.231 e. The number of hydrogen-bond donors (Lipinski definition) is 1. The van der Waals surface area contributed by atoms with Crippen LogP contribution in [-0.2, 0) is 0 Å². The van der Waals surface area contributed by atoms with Gasteiger partial charge in [-0.1, -0.05) is 0 Å². The van der Waals surface area contributed by atoms with Crippen molar-refractivity contribution in [2.75, 3.05) is 13.6 Å². The Labute approximate surface area is 271 Å². The van der Waals surface area contributed by atoms with E-state index in [1.54, 1.807) is 24.3 Å². The molecular weight excluding hydrogens is 610 g/mol. The average molecular weight is 624 g/mol. The van der Waals surface area contributed by atoms with Gasteiger partial charge >= 0.3 is 0 Å². The Morgan fingerprint density at radius 1 is 0.500 bits per heavy atom. The molecule has 46 heavy (non-hydrogen) atoms. The van der Waals surface area contributed by atoms with E-state index in [2.05, 4.69) is 117 Å². The normalized spacial score (nSPS) is 9.91. The third-order valence-electron chi connectivity index (χ3n) is 5.60. The molecule has 0 aromatic heterocycles. The van der Waals surface area contributed by atoms with Crippen LogP contribution in [0.5, 0.6) is 23.0 Å². The van der Waals surface area contributed by atoms with Gasteiger partial charge < -0.3 is 24.1 Å². The van der Waals surface area contributed by atoms with E-state index in [-0.39, 0.29) is 13.6 Å². The molecule has 7 heteroatoms. The fourth-order valence-corrected chi connectivity index (χ4v) is 6.57. The molecule has 5 nitrogen and oxygen atoms in total. The van der Waals surface area contributed by atoms with Crippen molar-refractivity contribution in [2.24, 2.45) is 0 Å². The van der Waals surface area contributed by atoms with Crippen LogP contribution in [0.25, 0.3) is 0 Å². The molecule has 2 aromatic rings. The van der Waals surface area contributed by atoms with E-state index in [1.165, 1.54) is 0 Å². The Morgan fingerprint density at radius 2 is 0.848 bits per heavy atom. The molecule has 1 N–H and O–H groups in total. The molecule has 210 valence electrons. The maximum atomic E-state index is 12.4. The second-order valence-electron chi connectivity index (χ2n) is 8.06. The van der Waals surface area contributed by atoms with Crippen molar-refractivity contribution in [3.05, 3.63) is 35.4 Å². The van der Waals surface area contributed by atoms with Crippen LogP contribution in [0.15, 0.2) is 24.3 Å². The van der Waals surface area contributed by atoms with E-state index in [4.69, 9.17) is 44.6 Å². The predicted octanol–water partition coefficient (Wildman–Crippen LogP) is 2.83. The highest BCUT2D eigenvalue weighted by atomic mass is 31.1. The van der Waals surface area contributed by atoms with Crippen molar-refractivity contribution >= 4 is 26.5 Å². The van der Waals surface area contributed by atoms with Crippen molar-refractivity contribution in [2.45, 2.75) is 6.10 Å². The summed E-state index contributed by atoms with van der Waals surface area (Å²) in [5.41, 5.74) is 12.8. The topological polar surface area (TPSA) is 57.2 Å². The van der Waals surface area contributed by atoms with Crippen molar-refractivity contribution in [3.8, 4) is 166 Å². The largest absolute Gasteiger partial charge is 0.454 e. The van der Waals surface area contributed by atoms with Gasteiger partial charge in [0.15, 0.2) is 23.0 Å². The zero-order chi connectivity index (χ0) is 32.6. The number of fused-ring (bicyclic) bond motifs is 2. The minimum Gasteiger partial charge on any atom is -0.454 e. The molecule has 0 saturated heterocycles. The Morgan fingerprint density at radius 3 is 1.17 bits per heavy atom. The Bertz CT molecular complexity index is 2030. The van der Waals surface area contributed by atoms with E-state index in [1.807, 2.05) is 0 Å². The van der Waals surface area contributed by atoms with E-state index in [0.29, 0.717) is 44.7 Å². The molecule has 4 rings (SSSR count). The predicted molar refractivity (Wildman–Crippen MR) is 180 cm³/mol. The van der Waals surface area contributed by atoms with Crippen molar-refractivity contribution in [1.29, 1.82) is 0 Å². The molecule has 0 saturated carbocycles. The molecule has 0 aliphatic carbocycles. The van der Waals surface area contributed by atoms with Crippen LogP contribution >= 0.6 is 15.8 Å². The number of aliphatic hydroxyl groups is 1. The lowest BCUT2D eigenvalue weighted by Gasteiger charge is -2.23. The van der Waals surface area contributed by atoms with Gasteiger partial charge in [0.2, 0.25) is 13.6 Å². The highest BCUT2D eigenvalue weighted by molar-refractivity contribution is 7.75. The van der Waals surface area contributed by atoms with Crippen LogP contribution in [0.1, 0.15) is 17.2 Å². The first-order valence-electron chi connectivity index (χ1n) is 12.6. The first-order chi connectivity index (χ1) is 22.6. The van der Waals surface area contributed by atoms with E-state index in [0.717, 1.165) is 0 Å². The number of rotatable bonds is 4. The van der Waals surface area contributed by atoms with Crippen LogP contribution in [0.3, 0.4) is 0 Å². The molecule has 0 amide bonds. The van der Waals surface area contributed by atoms with Crippen LogP contribution in [0.4, 0.5) is 0 Å². The number of aliphatic hydroxyl groups excluding tert-OH is 1. The van der Waals surface area contributed by atoms with E-state index >= 15 is 0 Å². The first kappa shape index (κ1) is 32.1.